The molecule has 0 radical (unpaired) electrons. The van der Waals surface area contributed by atoms with Crippen LogP contribution in [0.2, 0.25) is 0 Å². The second kappa shape index (κ2) is 13.1. The molecular weight excluding hydrogens is 524 g/mol. The van der Waals surface area contributed by atoms with E-state index in [0.29, 0.717) is 34.2 Å². The summed E-state index contributed by atoms with van der Waals surface area (Å²) in [6, 6.07) is 22.9. The number of rotatable bonds is 4. The summed E-state index contributed by atoms with van der Waals surface area (Å²) in [6.45, 7) is 7.71. The number of hydrogen-bond donors (Lipinski definition) is 2. The van der Waals surface area contributed by atoms with E-state index in [9.17, 15) is 0 Å². The molecule has 0 fully saturated rings. The predicted octanol–water partition coefficient (Wildman–Crippen LogP) is 9.23. The van der Waals surface area contributed by atoms with E-state index in [1.807, 2.05) is 100 Å². The molecule has 4 aromatic rings. The van der Waals surface area contributed by atoms with Crippen LogP contribution in [0, 0.1) is 0 Å². The molecule has 1 aliphatic heterocycles. The van der Waals surface area contributed by atoms with Gasteiger partial charge in [-0.05, 0) is 76.2 Å². The minimum atomic E-state index is 0.597. The molecule has 5 rings (SSSR count). The van der Waals surface area contributed by atoms with Crippen LogP contribution in [0.1, 0.15) is 27.7 Å². The highest BCUT2D eigenvalue weighted by molar-refractivity contribution is 6.03. The molecule has 2 aromatic heterocycles. The van der Waals surface area contributed by atoms with Gasteiger partial charge in [0.25, 0.3) is 0 Å². The Morgan fingerprint density at radius 2 is 0.929 bits per heavy atom. The van der Waals surface area contributed by atoms with Gasteiger partial charge in [-0.2, -0.15) is 0 Å². The predicted molar refractivity (Wildman–Crippen MR) is 169 cm³/mol. The molecule has 0 aliphatic carbocycles. The highest BCUT2D eigenvalue weighted by atomic mass is 15.1. The van der Waals surface area contributed by atoms with Gasteiger partial charge in [0.05, 0.1) is 46.6 Å². The first kappa shape index (κ1) is 27.9. The fraction of sp³-hybridized carbons (Fsp3) is 0.125. The van der Waals surface area contributed by atoms with E-state index in [0.717, 1.165) is 34.1 Å². The number of nitrogens with zero attached hydrogens (tertiary/aromatic N) is 8. The molecule has 0 bridgehead atoms. The Kier molecular flexibility index (Phi) is 8.73. The maximum absolute atomic E-state index is 4.97. The third kappa shape index (κ3) is 6.92. The van der Waals surface area contributed by atoms with Crippen LogP contribution in [0.15, 0.2) is 151 Å². The van der Waals surface area contributed by atoms with E-state index < -0.39 is 0 Å². The van der Waals surface area contributed by atoms with Crippen LogP contribution in [0.5, 0.6) is 0 Å². The first-order valence-electron chi connectivity index (χ1n) is 13.4. The number of para-hydroxylation sites is 4. The fourth-order valence-corrected chi connectivity index (χ4v) is 4.22. The summed E-state index contributed by atoms with van der Waals surface area (Å²) in [7, 11) is 0. The molecule has 2 N–H and O–H groups in total. The number of hydrogen-bond acceptors (Lipinski definition) is 10. The van der Waals surface area contributed by atoms with Crippen molar-refractivity contribution in [3.8, 4) is 0 Å². The van der Waals surface area contributed by atoms with Crippen molar-refractivity contribution in [2.75, 3.05) is 10.6 Å². The van der Waals surface area contributed by atoms with Crippen LogP contribution in [0.3, 0.4) is 0 Å². The Morgan fingerprint density at radius 3 is 1.33 bits per heavy atom. The zero-order valence-electron chi connectivity index (χ0n) is 23.8. The van der Waals surface area contributed by atoms with Crippen molar-refractivity contribution in [3.63, 3.8) is 0 Å². The molecule has 1 aliphatic rings. The minimum Gasteiger partial charge on any atom is -0.355 e. The van der Waals surface area contributed by atoms with Gasteiger partial charge in [-0.1, -0.05) is 24.3 Å². The van der Waals surface area contributed by atoms with Gasteiger partial charge in [-0.15, -0.1) is 20.5 Å². The van der Waals surface area contributed by atoms with Crippen molar-refractivity contribution >= 4 is 45.5 Å². The number of pyridine rings is 2. The van der Waals surface area contributed by atoms with Crippen LogP contribution in [-0.4, -0.2) is 21.4 Å². The van der Waals surface area contributed by atoms with Crippen LogP contribution < -0.4 is 10.6 Å². The lowest BCUT2D eigenvalue weighted by molar-refractivity contribution is 1.12. The van der Waals surface area contributed by atoms with E-state index in [1.165, 1.54) is 0 Å². The number of fused-ring (bicyclic) bond motifs is 2. The van der Waals surface area contributed by atoms with E-state index >= 15 is 0 Å². The topological polar surface area (TPSA) is 124 Å². The van der Waals surface area contributed by atoms with Gasteiger partial charge in [-0.25, -0.2) is 9.98 Å². The number of allylic oxidation sites excluding steroid dienone is 4. The van der Waals surface area contributed by atoms with E-state index in [1.54, 1.807) is 24.8 Å². The van der Waals surface area contributed by atoms with Crippen LogP contribution in [0.25, 0.3) is 0 Å². The highest BCUT2D eigenvalue weighted by Crippen LogP contribution is 2.32. The number of aromatic nitrogens is 2. The summed E-state index contributed by atoms with van der Waals surface area (Å²) in [4.78, 5) is 18.2. The summed E-state index contributed by atoms with van der Waals surface area (Å²) in [6.07, 6.45) is 6.72. The molecule has 10 heteroatoms. The summed E-state index contributed by atoms with van der Waals surface area (Å²) >= 11 is 0. The largest absolute Gasteiger partial charge is 0.355 e. The summed E-state index contributed by atoms with van der Waals surface area (Å²) in [5.41, 5.74) is 8.39. The number of azo groups is 2. The summed E-state index contributed by atoms with van der Waals surface area (Å²) in [5.74, 6) is 0. The van der Waals surface area contributed by atoms with Crippen molar-refractivity contribution in [1.29, 1.82) is 0 Å². The molecule has 0 saturated carbocycles. The average molecular weight is 555 g/mol. The third-order valence-electron chi connectivity index (χ3n) is 6.25. The zero-order valence-corrected chi connectivity index (χ0v) is 23.8. The molecule has 10 nitrogen and oxygen atoms in total. The number of nitrogens with one attached hydrogen (secondary N) is 2. The molecule has 0 amide bonds. The van der Waals surface area contributed by atoms with E-state index in [-0.39, 0.29) is 0 Å². The van der Waals surface area contributed by atoms with Crippen LogP contribution in [-0.2, 0) is 0 Å². The van der Waals surface area contributed by atoms with Crippen LogP contribution in [0.4, 0.5) is 34.1 Å². The molecular formula is C32H30N10. The smallest absolute Gasteiger partial charge is 0.126 e. The van der Waals surface area contributed by atoms with Gasteiger partial charge >= 0.3 is 0 Å². The molecule has 2 aromatic carbocycles. The van der Waals surface area contributed by atoms with Gasteiger partial charge in [0.15, 0.2) is 0 Å². The average Bonchev–Trinajstić information content (AvgIpc) is 3.00. The quantitative estimate of drug-likeness (QED) is 0.244. The van der Waals surface area contributed by atoms with Crippen molar-refractivity contribution in [3.05, 3.63) is 120 Å². The molecule has 0 atom stereocenters. The summed E-state index contributed by atoms with van der Waals surface area (Å²) < 4.78 is 0. The molecule has 0 unspecified atom stereocenters. The molecule has 3 heterocycles. The van der Waals surface area contributed by atoms with Gasteiger partial charge in [-0.3, -0.25) is 9.97 Å². The second-order valence-corrected chi connectivity index (χ2v) is 9.45. The lowest BCUT2D eigenvalue weighted by atomic mass is 10.2. The highest BCUT2D eigenvalue weighted by Gasteiger charge is 2.14. The first-order chi connectivity index (χ1) is 20.5. The second-order valence-electron chi connectivity index (χ2n) is 9.45. The van der Waals surface area contributed by atoms with Crippen LogP contribution >= 0.6 is 0 Å². The van der Waals surface area contributed by atoms with E-state index in [2.05, 4.69) is 41.1 Å². The normalized spacial score (nSPS) is 17.9. The standard InChI is InChI=1S/C32H30N10/c1-21-31(41-39-25-11-9-17-33-19-25)22(2)36-29-15-7-8-16-30(29)38-24(4)32(42-40-26-12-10-18-34-20-26)23(3)37-28-14-6-5-13-27(28)35-21/h5-20,35,38H,1-4H3/b31-21+,32-24+,36-22?,37-23?,41-39?,42-40?. The Balaban J connectivity index is 1.68. The maximum atomic E-state index is 4.97. The van der Waals surface area contributed by atoms with Gasteiger partial charge in [0.2, 0.25) is 0 Å². The zero-order chi connectivity index (χ0) is 29.3. The lowest BCUT2D eigenvalue weighted by Gasteiger charge is -2.16. The Hall–Kier alpha value is -5.64. The first-order valence-corrected chi connectivity index (χ1v) is 13.4. The molecule has 0 saturated heterocycles. The fourth-order valence-electron chi connectivity index (χ4n) is 4.22. The SMILES string of the molecule is CC1=Nc2ccccc2N/C(C)=C(/N=Nc2cccnc2)C(C)=Nc2ccccc2N/C(C)=C\1N=Nc1cccnc1. The van der Waals surface area contributed by atoms with Crippen molar-refractivity contribution < 1.29 is 0 Å². The molecule has 208 valence electrons. The van der Waals surface area contributed by atoms with E-state index in [4.69, 9.17) is 9.98 Å². The van der Waals surface area contributed by atoms with Crippen molar-refractivity contribution in [1.82, 2.24) is 9.97 Å². The monoisotopic (exact) mass is 554 g/mol. The van der Waals surface area contributed by atoms with Crippen molar-refractivity contribution in [2.45, 2.75) is 27.7 Å². The lowest BCUT2D eigenvalue weighted by Crippen LogP contribution is -2.08. The minimum absolute atomic E-state index is 0.597. The third-order valence-corrected chi connectivity index (χ3v) is 6.25. The number of anilines is 2. The Morgan fingerprint density at radius 1 is 0.500 bits per heavy atom. The van der Waals surface area contributed by atoms with Gasteiger partial charge in [0.1, 0.15) is 22.8 Å². The number of aliphatic imine (C=N–C) groups is 2. The van der Waals surface area contributed by atoms with Gasteiger partial charge < -0.3 is 10.6 Å². The molecule has 0 spiro atoms. The maximum Gasteiger partial charge on any atom is 0.126 e. The van der Waals surface area contributed by atoms with Gasteiger partial charge in [0, 0.05) is 23.8 Å². The van der Waals surface area contributed by atoms with Crippen molar-refractivity contribution in [2.24, 2.45) is 30.4 Å². The Labute approximate surface area is 244 Å². The Bertz CT molecular complexity index is 1620. The summed E-state index contributed by atoms with van der Waals surface area (Å²) in [5, 5.41) is 25.0. The number of benzene rings is 2. The molecule has 42 heavy (non-hydrogen) atoms.